The minimum absolute atomic E-state index is 0.0905. The maximum atomic E-state index is 5.76. The van der Waals surface area contributed by atoms with Gasteiger partial charge in [-0.25, -0.2) is 0 Å². The minimum atomic E-state index is -0.0905. The molecule has 3 rings (SSSR count). The Kier molecular flexibility index (Phi) is 7.33. The molecule has 1 saturated heterocycles. The Balaban J connectivity index is 1.63. The molecule has 1 aliphatic rings. The van der Waals surface area contributed by atoms with E-state index in [0.29, 0.717) is 13.2 Å². The van der Waals surface area contributed by atoms with Crippen molar-refractivity contribution in [3.8, 4) is 0 Å². The lowest BCUT2D eigenvalue weighted by molar-refractivity contribution is -0.150. The van der Waals surface area contributed by atoms with Crippen LogP contribution >= 0.6 is 0 Å². The molecule has 0 saturated carbocycles. The van der Waals surface area contributed by atoms with Crippen LogP contribution in [0.15, 0.2) is 30.3 Å². The maximum Gasteiger partial charge on any atom is 0.170 e. The molecule has 4 heteroatoms. The average molecular weight is 373 g/mol. The van der Waals surface area contributed by atoms with E-state index in [1.807, 2.05) is 13.8 Å². The number of rotatable bonds is 9. The molecule has 0 aliphatic carbocycles. The summed E-state index contributed by atoms with van der Waals surface area (Å²) in [6.45, 7) is 11.0. The average Bonchev–Trinajstić information content (AvgIpc) is 2.99. The molecule has 2 atom stereocenters. The zero-order valence-corrected chi connectivity index (χ0v) is 17.5. The molecule has 0 bridgehead atoms. The summed E-state index contributed by atoms with van der Waals surface area (Å²) in [4.78, 5) is 2.54. The highest BCUT2D eigenvalue weighted by Crippen LogP contribution is 2.31. The summed E-state index contributed by atoms with van der Waals surface area (Å²) in [5, 5.41) is 1.36. The summed E-state index contributed by atoms with van der Waals surface area (Å²) in [5.74, 6) is 1.49. The van der Waals surface area contributed by atoms with Gasteiger partial charge < -0.3 is 14.0 Å². The van der Waals surface area contributed by atoms with Crippen LogP contribution in [0.1, 0.15) is 39.3 Å². The molecule has 150 valence electrons. The second-order valence-electron chi connectivity index (χ2n) is 7.77. The van der Waals surface area contributed by atoms with Crippen molar-refractivity contribution in [1.29, 1.82) is 0 Å². The first-order chi connectivity index (χ1) is 13.2. The van der Waals surface area contributed by atoms with Crippen LogP contribution < -0.4 is 0 Å². The lowest BCUT2D eigenvalue weighted by atomic mass is 9.81. The zero-order valence-electron chi connectivity index (χ0n) is 17.5. The quantitative estimate of drug-likeness (QED) is 0.608. The number of aryl methyl sites for hydroxylation is 1. The maximum absolute atomic E-state index is 5.76. The molecule has 0 unspecified atom stereocenters. The van der Waals surface area contributed by atoms with Crippen molar-refractivity contribution in [2.24, 2.45) is 18.9 Å². The van der Waals surface area contributed by atoms with Gasteiger partial charge in [0.25, 0.3) is 0 Å². The van der Waals surface area contributed by atoms with Gasteiger partial charge in [0.15, 0.2) is 6.29 Å². The molecule has 4 nitrogen and oxygen atoms in total. The highest BCUT2D eigenvalue weighted by atomic mass is 16.7. The molecule has 0 radical (unpaired) electrons. The van der Waals surface area contributed by atoms with Crippen LogP contribution in [-0.4, -0.2) is 48.6 Å². The molecule has 1 aromatic carbocycles. The van der Waals surface area contributed by atoms with Gasteiger partial charge in [-0.05, 0) is 62.6 Å². The zero-order chi connectivity index (χ0) is 19.2. The molecule has 0 N–H and O–H groups in total. The Morgan fingerprint density at radius 2 is 1.81 bits per heavy atom. The number of aromatic nitrogens is 1. The fourth-order valence-electron chi connectivity index (χ4n) is 4.60. The summed E-state index contributed by atoms with van der Waals surface area (Å²) in [6.07, 6.45) is 3.58. The molecule has 1 fully saturated rings. The first-order valence-corrected chi connectivity index (χ1v) is 10.6. The van der Waals surface area contributed by atoms with Gasteiger partial charge >= 0.3 is 0 Å². The topological polar surface area (TPSA) is 26.6 Å². The number of likely N-dealkylation sites (tertiary alicyclic amines) is 1. The number of piperidine rings is 1. The normalized spacial score (nSPS) is 21.4. The number of para-hydroxylation sites is 1. The standard InChI is InChI=1S/C23H36N2O2/c1-5-18-16-25(17-23(26-6-2)27-7-3)13-12-19(18)14-21-15-20-10-8-9-11-22(20)24(21)4/h8-11,15,18-19,23H,5-7,12-14,16-17H2,1-4H3/t18-,19+/m1/s1. The molecule has 1 aliphatic heterocycles. The molecular weight excluding hydrogens is 336 g/mol. The second kappa shape index (κ2) is 9.72. The summed E-state index contributed by atoms with van der Waals surface area (Å²) >= 11 is 0. The van der Waals surface area contributed by atoms with E-state index in [-0.39, 0.29) is 6.29 Å². The monoisotopic (exact) mass is 372 g/mol. The Bertz CT molecular complexity index is 705. The summed E-state index contributed by atoms with van der Waals surface area (Å²) in [5.41, 5.74) is 2.81. The molecule has 2 heterocycles. The van der Waals surface area contributed by atoms with Crippen molar-refractivity contribution >= 4 is 10.9 Å². The van der Waals surface area contributed by atoms with Gasteiger partial charge in [0.2, 0.25) is 0 Å². The van der Waals surface area contributed by atoms with Gasteiger partial charge in [-0.2, -0.15) is 0 Å². The number of nitrogens with zero attached hydrogens (tertiary/aromatic N) is 2. The van der Waals surface area contributed by atoms with Gasteiger partial charge in [-0.3, -0.25) is 4.90 Å². The number of ether oxygens (including phenoxy) is 2. The molecular formula is C23H36N2O2. The number of hydrogen-bond acceptors (Lipinski definition) is 3. The van der Waals surface area contributed by atoms with Crippen LogP contribution in [0.4, 0.5) is 0 Å². The predicted octanol–water partition coefficient (Wildman–Crippen LogP) is 4.47. The van der Waals surface area contributed by atoms with Crippen molar-refractivity contribution in [2.45, 2.75) is 46.3 Å². The Hall–Kier alpha value is -1.36. The molecule has 27 heavy (non-hydrogen) atoms. The number of hydrogen-bond donors (Lipinski definition) is 0. The van der Waals surface area contributed by atoms with Gasteiger partial charge in [-0.15, -0.1) is 0 Å². The van der Waals surface area contributed by atoms with Crippen molar-refractivity contribution in [1.82, 2.24) is 9.47 Å². The molecule has 2 aromatic rings. The lowest BCUT2D eigenvalue weighted by Gasteiger charge is -2.39. The predicted molar refractivity (Wildman–Crippen MR) is 112 cm³/mol. The SMILES string of the molecule is CCOC(CN1CC[C@@H](Cc2cc3ccccc3n2C)[C@H](CC)C1)OCC. The lowest BCUT2D eigenvalue weighted by Crippen LogP contribution is -2.45. The van der Waals surface area contributed by atoms with E-state index in [4.69, 9.17) is 9.47 Å². The fraction of sp³-hybridized carbons (Fsp3) is 0.652. The van der Waals surface area contributed by atoms with Crippen molar-refractivity contribution in [3.63, 3.8) is 0 Å². The van der Waals surface area contributed by atoms with Crippen LogP contribution in [0.25, 0.3) is 10.9 Å². The van der Waals surface area contributed by atoms with E-state index in [0.717, 1.165) is 31.5 Å². The molecule has 0 spiro atoms. The van der Waals surface area contributed by atoms with Gasteiger partial charge in [-0.1, -0.05) is 31.5 Å². The van der Waals surface area contributed by atoms with E-state index in [1.165, 1.54) is 35.9 Å². The second-order valence-corrected chi connectivity index (χ2v) is 7.77. The summed E-state index contributed by atoms with van der Waals surface area (Å²) in [6, 6.07) is 11.1. The van der Waals surface area contributed by atoms with Gasteiger partial charge in [0.05, 0.1) is 0 Å². The van der Waals surface area contributed by atoms with Gasteiger partial charge in [0, 0.05) is 44.6 Å². The van der Waals surface area contributed by atoms with Crippen LogP contribution in [0.2, 0.25) is 0 Å². The Morgan fingerprint density at radius 1 is 1.07 bits per heavy atom. The number of benzene rings is 1. The van der Waals surface area contributed by atoms with E-state index in [2.05, 4.69) is 53.8 Å². The summed E-state index contributed by atoms with van der Waals surface area (Å²) < 4.78 is 13.9. The van der Waals surface area contributed by atoms with Crippen molar-refractivity contribution in [2.75, 3.05) is 32.8 Å². The molecule has 1 aromatic heterocycles. The molecule has 0 amide bonds. The third-order valence-electron chi connectivity index (χ3n) is 6.13. The van der Waals surface area contributed by atoms with E-state index >= 15 is 0 Å². The third kappa shape index (κ3) is 4.92. The largest absolute Gasteiger partial charge is 0.352 e. The Morgan fingerprint density at radius 3 is 2.48 bits per heavy atom. The minimum Gasteiger partial charge on any atom is -0.352 e. The fourth-order valence-corrected chi connectivity index (χ4v) is 4.60. The summed E-state index contributed by atoms with van der Waals surface area (Å²) in [7, 11) is 2.21. The first kappa shape index (κ1) is 20.4. The van der Waals surface area contributed by atoms with E-state index in [1.54, 1.807) is 0 Å². The van der Waals surface area contributed by atoms with E-state index < -0.39 is 0 Å². The van der Waals surface area contributed by atoms with Gasteiger partial charge in [0.1, 0.15) is 0 Å². The van der Waals surface area contributed by atoms with Crippen LogP contribution in [0, 0.1) is 11.8 Å². The first-order valence-electron chi connectivity index (χ1n) is 10.6. The number of fused-ring (bicyclic) bond motifs is 1. The van der Waals surface area contributed by atoms with E-state index in [9.17, 15) is 0 Å². The highest BCUT2D eigenvalue weighted by molar-refractivity contribution is 5.81. The van der Waals surface area contributed by atoms with Crippen LogP contribution in [0.5, 0.6) is 0 Å². The smallest absolute Gasteiger partial charge is 0.170 e. The van der Waals surface area contributed by atoms with Crippen molar-refractivity contribution in [3.05, 3.63) is 36.0 Å². The highest BCUT2D eigenvalue weighted by Gasteiger charge is 2.30. The van der Waals surface area contributed by atoms with Crippen LogP contribution in [0.3, 0.4) is 0 Å². The third-order valence-corrected chi connectivity index (χ3v) is 6.13. The Labute approximate surface area is 164 Å². The van der Waals surface area contributed by atoms with Crippen molar-refractivity contribution < 1.29 is 9.47 Å². The van der Waals surface area contributed by atoms with Crippen LogP contribution in [-0.2, 0) is 22.9 Å².